The Morgan fingerprint density at radius 1 is 1.39 bits per heavy atom. The Kier molecular flexibility index (Phi) is 4.37. The molecule has 5 heteroatoms. The zero-order valence-electron chi connectivity index (χ0n) is 9.97. The van der Waals surface area contributed by atoms with Gasteiger partial charge in [-0.1, -0.05) is 22.0 Å². The molecule has 98 valence electrons. The lowest BCUT2D eigenvalue weighted by Gasteiger charge is -2.29. The number of hydrogen-bond acceptors (Lipinski definition) is 3. The van der Waals surface area contributed by atoms with Gasteiger partial charge in [0.2, 0.25) is 0 Å². The van der Waals surface area contributed by atoms with Crippen molar-refractivity contribution in [3.8, 4) is 0 Å². The standard InChI is InChI=1S/C13H16BrNO3/c14-12-7-9(13(17)18)1-2-10(12)8-15-5-3-11(16)4-6-15/h1-2,7,11,16H,3-6,8H2,(H,17,18). The lowest BCUT2D eigenvalue weighted by molar-refractivity contribution is 0.0696. The van der Waals surface area contributed by atoms with Crippen LogP contribution >= 0.6 is 15.9 Å². The molecule has 18 heavy (non-hydrogen) atoms. The summed E-state index contributed by atoms with van der Waals surface area (Å²) >= 11 is 3.41. The van der Waals surface area contributed by atoms with Gasteiger partial charge in [0.25, 0.3) is 0 Å². The van der Waals surface area contributed by atoms with Gasteiger partial charge in [-0.25, -0.2) is 4.79 Å². The molecule has 1 aromatic rings. The number of hydrogen-bond donors (Lipinski definition) is 2. The Bertz CT molecular complexity index is 442. The van der Waals surface area contributed by atoms with Crippen LogP contribution in [0, 0.1) is 0 Å². The fourth-order valence-corrected chi connectivity index (χ4v) is 2.63. The quantitative estimate of drug-likeness (QED) is 0.897. The van der Waals surface area contributed by atoms with E-state index in [-0.39, 0.29) is 6.10 Å². The van der Waals surface area contributed by atoms with E-state index in [9.17, 15) is 9.90 Å². The Morgan fingerprint density at radius 2 is 2.06 bits per heavy atom. The van der Waals surface area contributed by atoms with Crippen molar-refractivity contribution in [1.82, 2.24) is 4.90 Å². The highest BCUT2D eigenvalue weighted by Crippen LogP contribution is 2.22. The summed E-state index contributed by atoms with van der Waals surface area (Å²) in [6.07, 6.45) is 1.45. The molecule has 0 radical (unpaired) electrons. The van der Waals surface area contributed by atoms with Crippen LogP contribution in [0.1, 0.15) is 28.8 Å². The van der Waals surface area contributed by atoms with E-state index in [1.54, 1.807) is 12.1 Å². The molecule has 1 aliphatic heterocycles. The number of aliphatic hydroxyl groups is 1. The number of benzene rings is 1. The summed E-state index contributed by atoms with van der Waals surface area (Å²) in [6, 6.07) is 5.11. The normalized spacial score (nSPS) is 17.9. The fraction of sp³-hybridized carbons (Fsp3) is 0.462. The van der Waals surface area contributed by atoms with Crippen molar-refractivity contribution in [3.63, 3.8) is 0 Å². The molecule has 2 N–H and O–H groups in total. The molecular formula is C13H16BrNO3. The van der Waals surface area contributed by atoms with Gasteiger partial charge >= 0.3 is 5.97 Å². The Labute approximate surface area is 114 Å². The van der Waals surface area contributed by atoms with Gasteiger partial charge in [0.05, 0.1) is 11.7 Å². The Balaban J connectivity index is 2.03. The molecule has 1 fully saturated rings. The highest BCUT2D eigenvalue weighted by molar-refractivity contribution is 9.10. The number of nitrogens with zero attached hydrogens (tertiary/aromatic N) is 1. The van der Waals surface area contributed by atoms with Gasteiger partial charge in [-0.2, -0.15) is 0 Å². The van der Waals surface area contributed by atoms with Crippen molar-refractivity contribution in [2.45, 2.75) is 25.5 Å². The van der Waals surface area contributed by atoms with Crippen LogP contribution in [0.2, 0.25) is 0 Å². The van der Waals surface area contributed by atoms with Crippen LogP contribution in [0.25, 0.3) is 0 Å². The van der Waals surface area contributed by atoms with E-state index in [0.29, 0.717) is 5.56 Å². The van der Waals surface area contributed by atoms with Crippen LogP contribution in [0.15, 0.2) is 22.7 Å². The first-order valence-corrected chi connectivity index (χ1v) is 6.77. The lowest BCUT2D eigenvalue weighted by Crippen LogP contribution is -2.35. The summed E-state index contributed by atoms with van der Waals surface area (Å²) in [5.74, 6) is -0.914. The maximum absolute atomic E-state index is 10.8. The summed E-state index contributed by atoms with van der Waals surface area (Å²) in [5, 5.41) is 18.3. The molecule has 1 saturated heterocycles. The van der Waals surface area contributed by atoms with E-state index in [0.717, 1.165) is 42.5 Å². The minimum atomic E-state index is -0.914. The third kappa shape index (κ3) is 3.31. The van der Waals surface area contributed by atoms with Crippen molar-refractivity contribution >= 4 is 21.9 Å². The Hall–Kier alpha value is -0.910. The van der Waals surface area contributed by atoms with Gasteiger partial charge in [0.15, 0.2) is 0 Å². The number of likely N-dealkylation sites (tertiary alicyclic amines) is 1. The van der Waals surface area contributed by atoms with Gasteiger partial charge in [0.1, 0.15) is 0 Å². The second kappa shape index (κ2) is 5.82. The molecule has 0 unspecified atom stereocenters. The molecule has 2 rings (SSSR count). The fourth-order valence-electron chi connectivity index (χ4n) is 2.13. The van der Waals surface area contributed by atoms with Crippen molar-refractivity contribution in [2.75, 3.05) is 13.1 Å². The molecular weight excluding hydrogens is 298 g/mol. The summed E-state index contributed by atoms with van der Waals surface area (Å²) in [5.41, 5.74) is 1.37. The monoisotopic (exact) mass is 313 g/mol. The van der Waals surface area contributed by atoms with E-state index < -0.39 is 5.97 Å². The number of carboxylic acids is 1. The first-order chi connectivity index (χ1) is 8.56. The number of halogens is 1. The minimum Gasteiger partial charge on any atom is -0.478 e. The summed E-state index contributed by atoms with van der Waals surface area (Å²) in [4.78, 5) is 13.1. The molecule has 0 amide bonds. The van der Waals surface area contributed by atoms with Crippen molar-refractivity contribution in [2.24, 2.45) is 0 Å². The molecule has 0 atom stereocenters. The Morgan fingerprint density at radius 3 is 2.61 bits per heavy atom. The minimum absolute atomic E-state index is 0.168. The van der Waals surface area contributed by atoms with Crippen LogP contribution in [-0.2, 0) is 6.54 Å². The van der Waals surface area contributed by atoms with E-state index in [1.165, 1.54) is 0 Å². The first-order valence-electron chi connectivity index (χ1n) is 5.98. The topological polar surface area (TPSA) is 60.8 Å². The predicted octanol–water partition coefficient (Wildman–Crippen LogP) is 2.10. The zero-order valence-corrected chi connectivity index (χ0v) is 11.6. The number of aromatic carboxylic acids is 1. The lowest BCUT2D eigenvalue weighted by atomic mass is 10.1. The second-order valence-corrected chi connectivity index (χ2v) is 5.47. The van der Waals surface area contributed by atoms with Gasteiger partial charge in [-0.3, -0.25) is 4.90 Å². The summed E-state index contributed by atoms with van der Waals surface area (Å²) in [7, 11) is 0. The average molecular weight is 314 g/mol. The van der Waals surface area contributed by atoms with Gasteiger partial charge < -0.3 is 10.2 Å². The third-order valence-corrected chi connectivity index (χ3v) is 3.99. The second-order valence-electron chi connectivity index (χ2n) is 4.62. The summed E-state index contributed by atoms with van der Waals surface area (Å²) < 4.78 is 0.827. The number of rotatable bonds is 3. The van der Waals surface area contributed by atoms with Crippen LogP contribution < -0.4 is 0 Å². The zero-order chi connectivity index (χ0) is 13.1. The van der Waals surface area contributed by atoms with Crippen LogP contribution in [0.4, 0.5) is 0 Å². The molecule has 0 saturated carbocycles. The van der Waals surface area contributed by atoms with Crippen molar-refractivity contribution in [3.05, 3.63) is 33.8 Å². The third-order valence-electron chi connectivity index (χ3n) is 3.25. The smallest absolute Gasteiger partial charge is 0.335 e. The molecule has 1 aliphatic rings. The van der Waals surface area contributed by atoms with E-state index in [4.69, 9.17) is 5.11 Å². The van der Waals surface area contributed by atoms with Crippen molar-refractivity contribution < 1.29 is 15.0 Å². The van der Waals surface area contributed by atoms with E-state index in [1.807, 2.05) is 6.07 Å². The highest BCUT2D eigenvalue weighted by atomic mass is 79.9. The molecule has 1 heterocycles. The van der Waals surface area contributed by atoms with Crippen LogP contribution in [0.5, 0.6) is 0 Å². The highest BCUT2D eigenvalue weighted by Gasteiger charge is 2.18. The maximum Gasteiger partial charge on any atom is 0.335 e. The van der Waals surface area contributed by atoms with Crippen molar-refractivity contribution in [1.29, 1.82) is 0 Å². The molecule has 0 aromatic heterocycles. The molecule has 0 bridgehead atoms. The van der Waals surface area contributed by atoms with Crippen LogP contribution in [0.3, 0.4) is 0 Å². The maximum atomic E-state index is 10.8. The largest absolute Gasteiger partial charge is 0.478 e. The van der Waals surface area contributed by atoms with Gasteiger partial charge in [0, 0.05) is 24.1 Å². The van der Waals surface area contributed by atoms with E-state index in [2.05, 4.69) is 20.8 Å². The number of aliphatic hydroxyl groups excluding tert-OH is 1. The number of piperidine rings is 1. The predicted molar refractivity (Wildman–Crippen MR) is 71.6 cm³/mol. The van der Waals surface area contributed by atoms with Gasteiger partial charge in [-0.05, 0) is 30.5 Å². The molecule has 4 nitrogen and oxygen atoms in total. The molecule has 0 spiro atoms. The van der Waals surface area contributed by atoms with E-state index >= 15 is 0 Å². The summed E-state index contributed by atoms with van der Waals surface area (Å²) in [6.45, 7) is 2.55. The van der Waals surface area contributed by atoms with Crippen LogP contribution in [-0.4, -0.2) is 40.3 Å². The first kappa shape index (κ1) is 13.5. The number of carbonyl (C=O) groups is 1. The number of carboxylic acid groups (broad SMARTS) is 1. The van der Waals surface area contributed by atoms with Gasteiger partial charge in [-0.15, -0.1) is 0 Å². The SMILES string of the molecule is O=C(O)c1ccc(CN2CCC(O)CC2)c(Br)c1. The average Bonchev–Trinajstić information content (AvgIpc) is 2.34. The molecule has 0 aliphatic carbocycles. The molecule has 1 aromatic carbocycles.